The number of carbonyl (C=O) groups excluding carboxylic acids is 1. The van der Waals surface area contributed by atoms with Crippen molar-refractivity contribution in [2.45, 2.75) is 6.61 Å². The van der Waals surface area contributed by atoms with Gasteiger partial charge in [-0.2, -0.15) is 15.0 Å². The van der Waals surface area contributed by atoms with Gasteiger partial charge >= 0.3 is 5.97 Å². The number of carbonyl (C=O) groups is 1. The average molecular weight is 280 g/mol. The Hall–Kier alpha value is -2.41. The van der Waals surface area contributed by atoms with E-state index in [-0.39, 0.29) is 29.9 Å². The molecule has 0 unspecified atom stereocenters. The van der Waals surface area contributed by atoms with Crippen molar-refractivity contribution in [3.05, 3.63) is 40.7 Å². The van der Waals surface area contributed by atoms with Gasteiger partial charge in [0.15, 0.2) is 12.4 Å². The van der Waals surface area contributed by atoms with Crippen molar-refractivity contribution in [2.75, 3.05) is 11.5 Å². The van der Waals surface area contributed by atoms with Crippen LogP contribution in [0.5, 0.6) is 0 Å². The minimum atomic E-state index is -0.580. The summed E-state index contributed by atoms with van der Waals surface area (Å²) >= 11 is 5.87. The van der Waals surface area contributed by atoms with Crippen molar-refractivity contribution in [2.24, 2.45) is 0 Å². The summed E-state index contributed by atoms with van der Waals surface area (Å²) < 4.78 is 5.02. The Morgan fingerprint density at radius 2 is 1.79 bits per heavy atom. The lowest BCUT2D eigenvalue weighted by Crippen LogP contribution is -2.11. The zero-order valence-electron chi connectivity index (χ0n) is 9.71. The van der Waals surface area contributed by atoms with Crippen LogP contribution in [-0.4, -0.2) is 20.9 Å². The fourth-order valence-corrected chi connectivity index (χ4v) is 1.57. The average Bonchev–Trinajstić information content (AvgIpc) is 2.35. The topological polar surface area (TPSA) is 117 Å². The van der Waals surface area contributed by atoms with Crippen LogP contribution in [-0.2, 0) is 11.3 Å². The Bertz CT molecular complexity index is 600. The molecule has 7 nitrogen and oxygen atoms in total. The number of nitrogens with zero attached hydrogens (tertiary/aromatic N) is 3. The molecule has 0 amide bonds. The Labute approximate surface area is 113 Å². The fourth-order valence-electron chi connectivity index (χ4n) is 1.36. The lowest BCUT2D eigenvalue weighted by atomic mass is 10.2. The first-order valence-electron chi connectivity index (χ1n) is 5.24. The highest BCUT2D eigenvalue weighted by Gasteiger charge is 2.12. The molecular weight excluding hydrogens is 270 g/mol. The molecule has 0 aliphatic rings. The summed E-state index contributed by atoms with van der Waals surface area (Å²) in [6, 6.07) is 6.55. The molecule has 0 radical (unpaired) electrons. The molecule has 0 bridgehead atoms. The number of halogens is 1. The summed E-state index contributed by atoms with van der Waals surface area (Å²) in [5.74, 6) is -0.471. The lowest BCUT2D eigenvalue weighted by Gasteiger charge is -2.05. The first kappa shape index (κ1) is 13.0. The van der Waals surface area contributed by atoms with E-state index in [0.29, 0.717) is 5.02 Å². The quantitative estimate of drug-likeness (QED) is 0.806. The number of hydrogen-bond donors (Lipinski definition) is 2. The van der Waals surface area contributed by atoms with Gasteiger partial charge < -0.3 is 16.2 Å². The van der Waals surface area contributed by atoms with E-state index in [9.17, 15) is 4.79 Å². The van der Waals surface area contributed by atoms with Crippen molar-refractivity contribution < 1.29 is 9.53 Å². The number of ether oxygens (including phenoxy) is 1. The molecule has 0 aliphatic carbocycles. The SMILES string of the molecule is Nc1nc(N)nc(COC(=O)c2ccccc2Cl)n1. The van der Waals surface area contributed by atoms with E-state index < -0.39 is 5.97 Å². The van der Waals surface area contributed by atoms with Crippen LogP contribution in [0.15, 0.2) is 24.3 Å². The molecule has 98 valence electrons. The van der Waals surface area contributed by atoms with Crippen LogP contribution in [0.4, 0.5) is 11.9 Å². The molecule has 2 aromatic rings. The number of nitrogen functional groups attached to an aromatic ring is 2. The molecule has 0 fully saturated rings. The maximum absolute atomic E-state index is 11.8. The molecular formula is C11H10ClN5O2. The summed E-state index contributed by atoms with van der Waals surface area (Å²) in [6.07, 6.45) is 0. The first-order valence-corrected chi connectivity index (χ1v) is 5.61. The van der Waals surface area contributed by atoms with Gasteiger partial charge in [-0.05, 0) is 12.1 Å². The number of benzene rings is 1. The third-order valence-corrected chi connectivity index (χ3v) is 2.47. The predicted molar refractivity (Wildman–Crippen MR) is 69.2 cm³/mol. The number of hydrogen-bond acceptors (Lipinski definition) is 7. The van der Waals surface area contributed by atoms with E-state index in [2.05, 4.69) is 15.0 Å². The highest BCUT2D eigenvalue weighted by Crippen LogP contribution is 2.16. The van der Waals surface area contributed by atoms with Crippen molar-refractivity contribution in [3.63, 3.8) is 0 Å². The molecule has 1 aromatic heterocycles. The third kappa shape index (κ3) is 3.29. The van der Waals surface area contributed by atoms with E-state index >= 15 is 0 Å². The van der Waals surface area contributed by atoms with Gasteiger partial charge in [0, 0.05) is 0 Å². The zero-order chi connectivity index (χ0) is 13.8. The van der Waals surface area contributed by atoms with Crippen LogP contribution < -0.4 is 11.5 Å². The Kier molecular flexibility index (Phi) is 3.76. The van der Waals surface area contributed by atoms with Gasteiger partial charge in [-0.1, -0.05) is 23.7 Å². The number of nitrogens with two attached hydrogens (primary N) is 2. The minimum absolute atomic E-state index is 0.0312. The molecule has 4 N–H and O–H groups in total. The van der Waals surface area contributed by atoms with E-state index in [0.717, 1.165) is 0 Å². The normalized spacial score (nSPS) is 10.2. The number of aromatic nitrogens is 3. The van der Waals surface area contributed by atoms with Gasteiger partial charge in [0.05, 0.1) is 10.6 Å². The fraction of sp³-hybridized carbons (Fsp3) is 0.0909. The van der Waals surface area contributed by atoms with Crippen molar-refractivity contribution in [1.82, 2.24) is 15.0 Å². The molecule has 1 aromatic carbocycles. The smallest absolute Gasteiger partial charge is 0.340 e. The monoisotopic (exact) mass is 279 g/mol. The molecule has 2 rings (SSSR count). The maximum Gasteiger partial charge on any atom is 0.340 e. The number of rotatable bonds is 3. The second kappa shape index (κ2) is 5.49. The second-order valence-electron chi connectivity index (χ2n) is 3.52. The Morgan fingerprint density at radius 3 is 2.42 bits per heavy atom. The summed E-state index contributed by atoms with van der Waals surface area (Å²) in [5, 5.41) is 0.308. The molecule has 0 saturated heterocycles. The van der Waals surface area contributed by atoms with Gasteiger partial charge in [-0.15, -0.1) is 0 Å². The molecule has 19 heavy (non-hydrogen) atoms. The Balaban J connectivity index is 2.07. The molecule has 0 spiro atoms. The minimum Gasteiger partial charge on any atom is -0.454 e. The summed E-state index contributed by atoms with van der Waals surface area (Å²) in [5.41, 5.74) is 11.1. The van der Waals surface area contributed by atoms with Gasteiger partial charge in [-0.3, -0.25) is 0 Å². The van der Waals surface area contributed by atoms with Gasteiger partial charge in [0.2, 0.25) is 11.9 Å². The van der Waals surface area contributed by atoms with Gasteiger partial charge in [0.1, 0.15) is 0 Å². The molecule has 8 heteroatoms. The first-order chi connectivity index (χ1) is 9.06. The van der Waals surface area contributed by atoms with Crippen LogP contribution in [0.2, 0.25) is 5.02 Å². The molecule has 1 heterocycles. The van der Waals surface area contributed by atoms with E-state index in [1.54, 1.807) is 24.3 Å². The van der Waals surface area contributed by atoms with Gasteiger partial charge in [-0.25, -0.2) is 4.79 Å². The van der Waals surface area contributed by atoms with Crippen LogP contribution in [0.3, 0.4) is 0 Å². The number of esters is 1. The predicted octanol–water partition coefficient (Wildman–Crippen LogP) is 1.05. The van der Waals surface area contributed by atoms with Crippen LogP contribution in [0.25, 0.3) is 0 Å². The molecule has 0 aliphatic heterocycles. The second-order valence-corrected chi connectivity index (χ2v) is 3.93. The van der Waals surface area contributed by atoms with Crippen molar-refractivity contribution in [1.29, 1.82) is 0 Å². The molecule has 0 saturated carbocycles. The largest absolute Gasteiger partial charge is 0.454 e. The zero-order valence-corrected chi connectivity index (χ0v) is 10.5. The van der Waals surface area contributed by atoms with E-state index in [1.807, 2.05) is 0 Å². The van der Waals surface area contributed by atoms with E-state index in [1.165, 1.54) is 0 Å². The van der Waals surface area contributed by atoms with Gasteiger partial charge in [0.25, 0.3) is 0 Å². The maximum atomic E-state index is 11.8. The number of anilines is 2. The third-order valence-electron chi connectivity index (χ3n) is 2.14. The lowest BCUT2D eigenvalue weighted by molar-refractivity contribution is 0.0462. The van der Waals surface area contributed by atoms with Crippen molar-refractivity contribution >= 4 is 29.5 Å². The highest BCUT2D eigenvalue weighted by molar-refractivity contribution is 6.33. The molecule has 0 atom stereocenters. The summed E-state index contributed by atoms with van der Waals surface area (Å²) in [4.78, 5) is 22.9. The van der Waals surface area contributed by atoms with Crippen LogP contribution in [0, 0.1) is 0 Å². The standard InChI is InChI=1S/C11H10ClN5O2/c12-7-4-2-1-3-6(7)9(18)19-5-8-15-10(13)17-11(14)16-8/h1-4H,5H2,(H4,13,14,15,16,17). The van der Waals surface area contributed by atoms with E-state index in [4.69, 9.17) is 27.8 Å². The van der Waals surface area contributed by atoms with Crippen molar-refractivity contribution in [3.8, 4) is 0 Å². The van der Waals surface area contributed by atoms with Crippen LogP contribution >= 0.6 is 11.6 Å². The van der Waals surface area contributed by atoms with Crippen LogP contribution in [0.1, 0.15) is 16.2 Å². The summed E-state index contributed by atoms with van der Waals surface area (Å²) in [7, 11) is 0. The highest BCUT2D eigenvalue weighted by atomic mass is 35.5. The summed E-state index contributed by atoms with van der Waals surface area (Å²) in [6.45, 7) is -0.166. The Morgan fingerprint density at radius 1 is 1.16 bits per heavy atom.